The van der Waals surface area contributed by atoms with E-state index in [1.54, 1.807) is 31.6 Å². The summed E-state index contributed by atoms with van der Waals surface area (Å²) in [6.07, 6.45) is 0. The summed E-state index contributed by atoms with van der Waals surface area (Å²) in [5, 5.41) is 10.7. The van der Waals surface area contributed by atoms with Crippen molar-refractivity contribution in [1.29, 1.82) is 0 Å². The number of hydrogen-bond acceptors (Lipinski definition) is 5. The molecule has 0 N–H and O–H groups in total. The lowest BCUT2D eigenvalue weighted by atomic mass is 10.2. The second-order valence-electron chi connectivity index (χ2n) is 3.91. The van der Waals surface area contributed by atoms with Gasteiger partial charge in [-0.1, -0.05) is 6.07 Å². The van der Waals surface area contributed by atoms with Gasteiger partial charge in [0.2, 0.25) is 0 Å². The Labute approximate surface area is 113 Å². The van der Waals surface area contributed by atoms with Crippen LogP contribution in [0.2, 0.25) is 0 Å². The topological polar surface area (TPSA) is 76.3 Å². The van der Waals surface area contributed by atoms with Crippen molar-refractivity contribution in [3.05, 3.63) is 50.5 Å². The molecule has 2 aromatic rings. The van der Waals surface area contributed by atoms with E-state index in [0.29, 0.717) is 16.3 Å². The summed E-state index contributed by atoms with van der Waals surface area (Å²) >= 11 is 1.25. The summed E-state index contributed by atoms with van der Waals surface area (Å²) in [7, 11) is 1.58. The van der Waals surface area contributed by atoms with Gasteiger partial charge in [-0.15, -0.1) is 11.3 Å². The first-order chi connectivity index (χ1) is 9.00. The average Bonchev–Trinajstić information content (AvgIpc) is 2.83. The average molecular weight is 277 g/mol. The number of aromatic nitrogens is 1. The number of nitro groups is 1. The molecule has 1 heterocycles. The van der Waals surface area contributed by atoms with E-state index in [1.807, 2.05) is 0 Å². The van der Waals surface area contributed by atoms with Crippen molar-refractivity contribution in [2.24, 2.45) is 0 Å². The Kier molecular flexibility index (Phi) is 3.57. The highest BCUT2D eigenvalue weighted by molar-refractivity contribution is 7.12. The van der Waals surface area contributed by atoms with Gasteiger partial charge in [0.1, 0.15) is 4.88 Å². The van der Waals surface area contributed by atoms with Crippen molar-refractivity contribution in [3.63, 3.8) is 0 Å². The smallest absolute Gasteiger partial charge is 0.271 e. The number of amides is 1. The summed E-state index contributed by atoms with van der Waals surface area (Å²) in [5.74, 6) is -0.222. The van der Waals surface area contributed by atoms with E-state index in [2.05, 4.69) is 4.98 Å². The number of hydrogen-bond donors (Lipinski definition) is 0. The Morgan fingerprint density at radius 3 is 2.79 bits per heavy atom. The predicted octanol–water partition coefficient (Wildman–Crippen LogP) is 2.64. The first-order valence-corrected chi connectivity index (χ1v) is 6.31. The number of nitrogens with zero attached hydrogens (tertiary/aromatic N) is 3. The molecular weight excluding hydrogens is 266 g/mol. The van der Waals surface area contributed by atoms with E-state index < -0.39 is 4.92 Å². The van der Waals surface area contributed by atoms with Crippen molar-refractivity contribution in [2.45, 2.75) is 6.92 Å². The molecule has 0 aliphatic rings. The lowest BCUT2D eigenvalue weighted by Gasteiger charge is -2.16. The van der Waals surface area contributed by atoms with Crippen molar-refractivity contribution >= 4 is 28.6 Å². The number of aryl methyl sites for hydroxylation is 1. The molecule has 0 unspecified atom stereocenters. The van der Waals surface area contributed by atoms with Gasteiger partial charge in [0.05, 0.1) is 21.8 Å². The minimum Gasteiger partial charge on any atom is -0.310 e. The molecule has 98 valence electrons. The van der Waals surface area contributed by atoms with Crippen LogP contribution in [0.3, 0.4) is 0 Å². The fourth-order valence-corrected chi connectivity index (χ4v) is 2.37. The molecule has 0 aliphatic heterocycles. The van der Waals surface area contributed by atoms with Gasteiger partial charge in [0.15, 0.2) is 0 Å². The minimum absolute atomic E-state index is 0.0434. The van der Waals surface area contributed by atoms with Crippen LogP contribution in [0.25, 0.3) is 0 Å². The number of anilines is 1. The second kappa shape index (κ2) is 5.15. The molecule has 19 heavy (non-hydrogen) atoms. The highest BCUT2D eigenvalue weighted by Gasteiger charge is 2.19. The Morgan fingerprint density at radius 2 is 2.21 bits per heavy atom. The Bertz CT molecular complexity index is 639. The molecule has 6 nitrogen and oxygen atoms in total. The maximum atomic E-state index is 12.2. The maximum absolute atomic E-state index is 12.2. The first kappa shape index (κ1) is 13.2. The molecule has 0 atom stereocenters. The monoisotopic (exact) mass is 277 g/mol. The SMILES string of the molecule is Cc1ncsc1C(=O)N(C)c1cccc([N+](=O)[O-])c1. The lowest BCUT2D eigenvalue weighted by molar-refractivity contribution is -0.384. The van der Waals surface area contributed by atoms with Crippen LogP contribution < -0.4 is 4.90 Å². The summed E-state index contributed by atoms with van der Waals surface area (Å²) in [5.41, 5.74) is 2.70. The molecule has 0 spiro atoms. The number of nitro benzene ring substituents is 1. The van der Waals surface area contributed by atoms with Crippen LogP contribution in [0.4, 0.5) is 11.4 Å². The molecule has 1 aromatic carbocycles. The largest absolute Gasteiger partial charge is 0.310 e. The molecular formula is C12H11N3O3S. The van der Waals surface area contributed by atoms with Crippen molar-refractivity contribution in [1.82, 2.24) is 4.98 Å². The predicted molar refractivity (Wildman–Crippen MR) is 72.7 cm³/mol. The second-order valence-corrected chi connectivity index (χ2v) is 4.76. The fraction of sp³-hybridized carbons (Fsp3) is 0.167. The number of non-ortho nitro benzene ring substituents is 1. The van der Waals surface area contributed by atoms with E-state index in [9.17, 15) is 14.9 Å². The normalized spacial score (nSPS) is 10.2. The number of benzene rings is 1. The van der Waals surface area contributed by atoms with Crippen LogP contribution >= 0.6 is 11.3 Å². The van der Waals surface area contributed by atoms with E-state index in [-0.39, 0.29) is 11.6 Å². The van der Waals surface area contributed by atoms with Crippen LogP contribution in [0.1, 0.15) is 15.4 Å². The third-order valence-electron chi connectivity index (χ3n) is 2.67. The standard InChI is InChI=1S/C12H11N3O3S/c1-8-11(19-7-13-8)12(16)14(2)9-4-3-5-10(6-9)15(17)18/h3-7H,1-2H3. The number of carbonyl (C=O) groups is 1. The van der Waals surface area contributed by atoms with Gasteiger partial charge in [0, 0.05) is 19.2 Å². The lowest BCUT2D eigenvalue weighted by Crippen LogP contribution is -2.26. The zero-order valence-electron chi connectivity index (χ0n) is 10.4. The highest BCUT2D eigenvalue weighted by atomic mass is 32.1. The Balaban J connectivity index is 2.32. The summed E-state index contributed by atoms with van der Waals surface area (Å²) in [6, 6.07) is 5.96. The molecule has 1 aromatic heterocycles. The first-order valence-electron chi connectivity index (χ1n) is 5.43. The number of carbonyl (C=O) groups excluding carboxylic acids is 1. The van der Waals surface area contributed by atoms with Crippen LogP contribution in [0, 0.1) is 17.0 Å². The van der Waals surface area contributed by atoms with Crippen molar-refractivity contribution in [3.8, 4) is 0 Å². The van der Waals surface area contributed by atoms with Crippen LogP contribution in [0.15, 0.2) is 29.8 Å². The summed E-state index contributed by atoms with van der Waals surface area (Å²) in [6.45, 7) is 1.75. The number of rotatable bonds is 3. The van der Waals surface area contributed by atoms with E-state index in [4.69, 9.17) is 0 Å². The van der Waals surface area contributed by atoms with E-state index in [1.165, 1.54) is 28.4 Å². The van der Waals surface area contributed by atoms with E-state index in [0.717, 1.165) is 0 Å². The van der Waals surface area contributed by atoms with Crippen molar-refractivity contribution in [2.75, 3.05) is 11.9 Å². The van der Waals surface area contributed by atoms with Crippen molar-refractivity contribution < 1.29 is 9.72 Å². The third kappa shape index (κ3) is 2.60. The molecule has 2 rings (SSSR count). The van der Waals surface area contributed by atoms with Gasteiger partial charge in [-0.3, -0.25) is 14.9 Å². The van der Waals surface area contributed by atoms with E-state index >= 15 is 0 Å². The Hall–Kier alpha value is -2.28. The summed E-state index contributed by atoms with van der Waals surface area (Å²) < 4.78 is 0. The van der Waals surface area contributed by atoms with Crippen LogP contribution in [0.5, 0.6) is 0 Å². The third-order valence-corrected chi connectivity index (χ3v) is 3.59. The van der Waals surface area contributed by atoms with Gasteiger partial charge in [-0.25, -0.2) is 4.98 Å². The van der Waals surface area contributed by atoms with Gasteiger partial charge < -0.3 is 4.90 Å². The number of thiazole rings is 1. The molecule has 0 saturated heterocycles. The molecule has 0 radical (unpaired) electrons. The maximum Gasteiger partial charge on any atom is 0.271 e. The van der Waals surface area contributed by atoms with Gasteiger partial charge >= 0.3 is 0 Å². The zero-order chi connectivity index (χ0) is 14.0. The highest BCUT2D eigenvalue weighted by Crippen LogP contribution is 2.23. The molecule has 0 aliphatic carbocycles. The molecule has 0 bridgehead atoms. The zero-order valence-corrected chi connectivity index (χ0v) is 11.2. The Morgan fingerprint density at radius 1 is 1.47 bits per heavy atom. The minimum atomic E-state index is -0.486. The fourth-order valence-electron chi connectivity index (χ4n) is 1.59. The molecule has 1 amide bonds. The molecule has 0 fully saturated rings. The van der Waals surface area contributed by atoms with Gasteiger partial charge in [-0.2, -0.15) is 0 Å². The van der Waals surface area contributed by atoms with Gasteiger partial charge in [-0.05, 0) is 13.0 Å². The molecule has 7 heteroatoms. The van der Waals surface area contributed by atoms with Crippen LogP contribution in [-0.2, 0) is 0 Å². The van der Waals surface area contributed by atoms with Crippen LogP contribution in [-0.4, -0.2) is 22.9 Å². The quantitative estimate of drug-likeness (QED) is 0.638. The molecule has 0 saturated carbocycles. The summed E-state index contributed by atoms with van der Waals surface area (Å²) in [4.78, 5) is 28.4. The van der Waals surface area contributed by atoms with Gasteiger partial charge in [0.25, 0.3) is 11.6 Å².